The minimum Gasteiger partial charge on any atom is -0.346 e. The number of rotatable bonds is 5. The minimum absolute atomic E-state index is 0.152. The van der Waals surface area contributed by atoms with E-state index in [1.807, 2.05) is 60.7 Å². The Labute approximate surface area is 196 Å². The van der Waals surface area contributed by atoms with Gasteiger partial charge in [0.25, 0.3) is 5.91 Å². The molecule has 6 rings (SSSR count). The fourth-order valence-corrected chi connectivity index (χ4v) is 4.58. The first-order chi connectivity index (χ1) is 16.8. The summed E-state index contributed by atoms with van der Waals surface area (Å²) in [6.45, 7) is 1.29. The van der Waals surface area contributed by atoms with E-state index in [1.54, 1.807) is 18.6 Å². The van der Waals surface area contributed by atoms with Crippen molar-refractivity contribution >= 4 is 16.8 Å². The zero-order valence-corrected chi connectivity index (χ0v) is 18.5. The molecular weight excluding hydrogens is 424 g/mol. The maximum Gasteiger partial charge on any atom is 0.251 e. The predicted molar refractivity (Wildman–Crippen MR) is 130 cm³/mol. The number of hydrogen-bond acceptors (Lipinski definition) is 5. The summed E-state index contributed by atoms with van der Waals surface area (Å²) in [5.41, 5.74) is 7.30. The van der Waals surface area contributed by atoms with Gasteiger partial charge < -0.3 is 5.32 Å². The second-order valence-electron chi connectivity index (χ2n) is 8.31. The van der Waals surface area contributed by atoms with Crippen molar-refractivity contribution in [2.24, 2.45) is 0 Å². The van der Waals surface area contributed by atoms with Gasteiger partial charge in [-0.2, -0.15) is 5.10 Å². The van der Waals surface area contributed by atoms with E-state index in [9.17, 15) is 4.79 Å². The Balaban J connectivity index is 1.39. The van der Waals surface area contributed by atoms with Crippen LogP contribution in [0.25, 0.3) is 33.4 Å². The van der Waals surface area contributed by atoms with Gasteiger partial charge in [0.05, 0.1) is 23.4 Å². The lowest BCUT2D eigenvalue weighted by Gasteiger charge is -2.10. The van der Waals surface area contributed by atoms with Crippen molar-refractivity contribution < 1.29 is 4.79 Å². The average Bonchev–Trinajstić information content (AvgIpc) is 3.49. The minimum atomic E-state index is -0.152. The summed E-state index contributed by atoms with van der Waals surface area (Å²) in [5.74, 6) is -0.152. The number of nitrogens with zero attached hydrogens (tertiary/aromatic N) is 5. The molecule has 1 aliphatic heterocycles. The molecule has 1 aromatic carbocycles. The molecule has 0 aliphatic carbocycles. The molecule has 1 aliphatic rings. The summed E-state index contributed by atoms with van der Waals surface area (Å²) in [5, 5.41) is 8.83. The third-order valence-corrected chi connectivity index (χ3v) is 6.18. The maximum atomic E-state index is 12.8. The van der Waals surface area contributed by atoms with Crippen LogP contribution in [-0.2, 0) is 19.5 Å². The van der Waals surface area contributed by atoms with Gasteiger partial charge in [-0.25, -0.2) is 0 Å². The molecule has 7 heteroatoms. The molecule has 0 saturated carbocycles. The van der Waals surface area contributed by atoms with Gasteiger partial charge in [0.1, 0.15) is 5.69 Å². The number of amides is 1. The first-order valence-electron chi connectivity index (χ1n) is 11.4. The second-order valence-corrected chi connectivity index (χ2v) is 8.31. The third kappa shape index (κ3) is 3.61. The molecular formula is C27H22N6O. The van der Waals surface area contributed by atoms with E-state index in [0.717, 1.165) is 58.5 Å². The average molecular weight is 447 g/mol. The highest BCUT2D eigenvalue weighted by atomic mass is 16.1. The molecule has 0 fully saturated rings. The van der Waals surface area contributed by atoms with E-state index < -0.39 is 0 Å². The highest BCUT2D eigenvalue weighted by Crippen LogP contribution is 2.39. The Hall–Kier alpha value is -4.39. The first-order valence-corrected chi connectivity index (χ1v) is 11.4. The highest BCUT2D eigenvalue weighted by Gasteiger charge is 2.25. The molecule has 1 amide bonds. The number of carbonyl (C=O) groups is 1. The van der Waals surface area contributed by atoms with Gasteiger partial charge in [-0.15, -0.1) is 0 Å². The van der Waals surface area contributed by atoms with Crippen LogP contribution in [0.15, 0.2) is 79.3 Å². The molecule has 5 aromatic rings. The molecule has 0 bridgehead atoms. The molecule has 0 spiro atoms. The number of nitrogens with one attached hydrogen (secondary N) is 1. The monoisotopic (exact) mass is 446 g/mol. The standard InChI is InChI=1S/C27H22N6O/c34-27(31-17-19-6-1-3-12-28-19)18-9-10-20-21(11-14-30-23(20)16-18)25-24-8-5-15-33(24)32-26(25)22-7-2-4-13-29-22/h1-4,6-7,9-14,16H,5,8,15,17H2,(H,31,34). The summed E-state index contributed by atoms with van der Waals surface area (Å²) < 4.78 is 2.10. The van der Waals surface area contributed by atoms with E-state index in [-0.39, 0.29) is 5.91 Å². The molecule has 34 heavy (non-hydrogen) atoms. The van der Waals surface area contributed by atoms with E-state index in [4.69, 9.17) is 5.10 Å². The molecule has 0 unspecified atom stereocenters. The van der Waals surface area contributed by atoms with Crippen molar-refractivity contribution in [1.82, 2.24) is 30.0 Å². The van der Waals surface area contributed by atoms with Gasteiger partial charge in [-0.3, -0.25) is 24.4 Å². The Morgan fingerprint density at radius 3 is 2.65 bits per heavy atom. The summed E-state index contributed by atoms with van der Waals surface area (Å²) in [4.78, 5) is 26.2. The van der Waals surface area contributed by atoms with Crippen molar-refractivity contribution in [2.75, 3.05) is 0 Å². The van der Waals surface area contributed by atoms with E-state index >= 15 is 0 Å². The fourth-order valence-electron chi connectivity index (χ4n) is 4.58. The zero-order valence-electron chi connectivity index (χ0n) is 18.5. The normalized spacial score (nSPS) is 12.6. The summed E-state index contributed by atoms with van der Waals surface area (Å²) in [7, 11) is 0. The maximum absolute atomic E-state index is 12.8. The number of benzene rings is 1. The van der Waals surface area contributed by atoms with Gasteiger partial charge in [0, 0.05) is 47.3 Å². The van der Waals surface area contributed by atoms with Crippen LogP contribution in [0.1, 0.15) is 28.2 Å². The second kappa shape index (κ2) is 8.51. The van der Waals surface area contributed by atoms with E-state index in [2.05, 4.69) is 25.0 Å². The van der Waals surface area contributed by atoms with Crippen molar-refractivity contribution in [1.29, 1.82) is 0 Å². The van der Waals surface area contributed by atoms with Gasteiger partial charge >= 0.3 is 0 Å². The molecule has 4 aromatic heterocycles. The Morgan fingerprint density at radius 2 is 1.82 bits per heavy atom. The lowest BCUT2D eigenvalue weighted by atomic mass is 9.96. The van der Waals surface area contributed by atoms with Crippen LogP contribution in [-0.4, -0.2) is 30.6 Å². The predicted octanol–water partition coefficient (Wildman–Crippen LogP) is 4.43. The molecule has 1 N–H and O–H groups in total. The van der Waals surface area contributed by atoms with Gasteiger partial charge in [0.2, 0.25) is 0 Å². The lowest BCUT2D eigenvalue weighted by Crippen LogP contribution is -2.23. The zero-order chi connectivity index (χ0) is 22.9. The molecule has 7 nitrogen and oxygen atoms in total. The largest absolute Gasteiger partial charge is 0.346 e. The van der Waals surface area contributed by atoms with Crippen molar-refractivity contribution in [3.05, 3.63) is 96.2 Å². The summed E-state index contributed by atoms with van der Waals surface area (Å²) >= 11 is 0. The van der Waals surface area contributed by atoms with Gasteiger partial charge in [0.15, 0.2) is 0 Å². The van der Waals surface area contributed by atoms with Crippen LogP contribution in [0.5, 0.6) is 0 Å². The van der Waals surface area contributed by atoms with Gasteiger partial charge in [-0.05, 0) is 60.9 Å². The highest BCUT2D eigenvalue weighted by molar-refractivity contribution is 6.03. The van der Waals surface area contributed by atoms with Crippen LogP contribution in [0, 0.1) is 0 Å². The Morgan fingerprint density at radius 1 is 0.941 bits per heavy atom. The SMILES string of the molecule is O=C(NCc1ccccn1)c1ccc2c(-c3c(-c4ccccn4)nn4c3CCC4)ccnc2c1. The van der Waals surface area contributed by atoms with Crippen LogP contribution in [0.2, 0.25) is 0 Å². The smallest absolute Gasteiger partial charge is 0.251 e. The van der Waals surface area contributed by atoms with Crippen LogP contribution in [0.4, 0.5) is 0 Å². The lowest BCUT2D eigenvalue weighted by molar-refractivity contribution is 0.0950. The van der Waals surface area contributed by atoms with Crippen LogP contribution in [0.3, 0.4) is 0 Å². The van der Waals surface area contributed by atoms with E-state index in [0.29, 0.717) is 12.1 Å². The first kappa shape index (κ1) is 20.2. The number of carbonyl (C=O) groups excluding carboxylic acids is 1. The quantitative estimate of drug-likeness (QED) is 0.432. The van der Waals surface area contributed by atoms with Gasteiger partial charge in [-0.1, -0.05) is 18.2 Å². The number of aromatic nitrogens is 5. The van der Waals surface area contributed by atoms with Crippen LogP contribution >= 0.6 is 0 Å². The topological polar surface area (TPSA) is 85.6 Å². The fraction of sp³-hybridized carbons (Fsp3) is 0.148. The number of pyridine rings is 3. The third-order valence-electron chi connectivity index (χ3n) is 6.18. The summed E-state index contributed by atoms with van der Waals surface area (Å²) in [6, 6.07) is 19.2. The molecule has 0 radical (unpaired) electrons. The van der Waals surface area contributed by atoms with Crippen molar-refractivity contribution in [3.63, 3.8) is 0 Å². The van der Waals surface area contributed by atoms with Crippen LogP contribution < -0.4 is 5.32 Å². The number of hydrogen-bond donors (Lipinski definition) is 1. The number of fused-ring (bicyclic) bond motifs is 2. The molecule has 166 valence electrons. The number of aryl methyl sites for hydroxylation is 1. The summed E-state index contributed by atoms with van der Waals surface area (Å²) in [6.07, 6.45) is 7.38. The molecule has 0 saturated heterocycles. The molecule has 0 atom stereocenters. The van der Waals surface area contributed by atoms with Crippen molar-refractivity contribution in [2.45, 2.75) is 25.9 Å². The van der Waals surface area contributed by atoms with Crippen molar-refractivity contribution in [3.8, 4) is 22.5 Å². The molecule has 5 heterocycles. The Bertz CT molecular complexity index is 1490. The van der Waals surface area contributed by atoms with E-state index in [1.165, 1.54) is 5.69 Å². The Kier molecular flexibility index (Phi) is 5.07.